The average molecular weight is 254 g/mol. The highest BCUT2D eigenvalue weighted by atomic mass is 16.5. The van der Waals surface area contributed by atoms with Gasteiger partial charge in [0.1, 0.15) is 11.4 Å². The molecule has 0 radical (unpaired) electrons. The van der Waals surface area contributed by atoms with Gasteiger partial charge >= 0.3 is 0 Å². The maximum absolute atomic E-state index is 11.4. The summed E-state index contributed by atoms with van der Waals surface area (Å²) in [5, 5.41) is 20.7. The lowest BCUT2D eigenvalue weighted by Gasteiger charge is -2.20. The van der Waals surface area contributed by atoms with Gasteiger partial charge in [-0.1, -0.05) is 6.07 Å². The second kappa shape index (κ2) is 6.23. The summed E-state index contributed by atoms with van der Waals surface area (Å²) < 4.78 is 5.21. The predicted molar refractivity (Wildman–Crippen MR) is 67.1 cm³/mol. The molecule has 1 atom stereocenters. The Morgan fingerprint density at radius 3 is 2.89 bits per heavy atom. The fraction of sp³-hybridized carbons (Fsp3) is 0.417. The van der Waals surface area contributed by atoms with Crippen LogP contribution in [0.3, 0.4) is 0 Å². The van der Waals surface area contributed by atoms with E-state index in [1.165, 1.54) is 6.92 Å². The number of benzene rings is 1. The second-order valence-corrected chi connectivity index (χ2v) is 4.29. The van der Waals surface area contributed by atoms with Crippen LogP contribution in [0.4, 0.5) is 5.69 Å². The van der Waals surface area contributed by atoms with Crippen LogP contribution >= 0.6 is 0 Å². The SMILES string of the molecule is CC(O)(CO)CNC(=O)COc1cccc(N)c1. The number of amides is 1. The minimum Gasteiger partial charge on any atom is -0.484 e. The smallest absolute Gasteiger partial charge is 0.258 e. The van der Waals surface area contributed by atoms with E-state index in [4.69, 9.17) is 15.6 Å². The lowest BCUT2D eigenvalue weighted by Crippen LogP contribution is -2.44. The number of nitrogens with two attached hydrogens (primary N) is 1. The van der Waals surface area contributed by atoms with Gasteiger partial charge in [-0.2, -0.15) is 0 Å². The largest absolute Gasteiger partial charge is 0.484 e. The zero-order chi connectivity index (χ0) is 13.6. The van der Waals surface area contributed by atoms with Gasteiger partial charge in [-0.25, -0.2) is 0 Å². The first kappa shape index (κ1) is 14.3. The van der Waals surface area contributed by atoms with Gasteiger partial charge in [-0.05, 0) is 19.1 Å². The molecular weight excluding hydrogens is 236 g/mol. The maximum Gasteiger partial charge on any atom is 0.258 e. The number of carbonyl (C=O) groups is 1. The van der Waals surface area contributed by atoms with Crippen molar-refractivity contribution < 1.29 is 19.7 Å². The molecule has 1 aromatic carbocycles. The fourth-order valence-electron chi connectivity index (χ4n) is 1.15. The van der Waals surface area contributed by atoms with Gasteiger partial charge in [-0.3, -0.25) is 4.79 Å². The van der Waals surface area contributed by atoms with E-state index in [0.29, 0.717) is 11.4 Å². The molecule has 0 spiro atoms. The number of rotatable bonds is 6. The van der Waals surface area contributed by atoms with Crippen molar-refractivity contribution >= 4 is 11.6 Å². The number of aliphatic hydroxyl groups excluding tert-OH is 1. The molecule has 0 aliphatic carbocycles. The molecule has 5 N–H and O–H groups in total. The normalized spacial score (nSPS) is 13.7. The first-order chi connectivity index (χ1) is 8.43. The molecule has 1 aromatic rings. The molecule has 1 unspecified atom stereocenters. The van der Waals surface area contributed by atoms with Crippen molar-refractivity contribution in [1.29, 1.82) is 0 Å². The van der Waals surface area contributed by atoms with Gasteiger partial charge in [0, 0.05) is 18.3 Å². The van der Waals surface area contributed by atoms with E-state index in [-0.39, 0.29) is 19.1 Å². The number of carbonyl (C=O) groups excluding carboxylic acids is 1. The molecule has 0 heterocycles. The zero-order valence-electron chi connectivity index (χ0n) is 10.2. The van der Waals surface area contributed by atoms with Gasteiger partial charge in [0.05, 0.1) is 6.61 Å². The summed E-state index contributed by atoms with van der Waals surface area (Å²) in [5.41, 5.74) is 4.78. The molecule has 18 heavy (non-hydrogen) atoms. The Morgan fingerprint density at radius 2 is 2.28 bits per heavy atom. The molecule has 0 aliphatic rings. The van der Waals surface area contributed by atoms with Crippen molar-refractivity contribution in [3.8, 4) is 5.75 Å². The second-order valence-electron chi connectivity index (χ2n) is 4.29. The maximum atomic E-state index is 11.4. The highest BCUT2D eigenvalue weighted by molar-refractivity contribution is 5.77. The van der Waals surface area contributed by atoms with E-state index < -0.39 is 12.2 Å². The number of hydrogen-bond acceptors (Lipinski definition) is 5. The Hall–Kier alpha value is -1.79. The molecular formula is C12H18N2O4. The van der Waals surface area contributed by atoms with Gasteiger partial charge in [0.2, 0.25) is 0 Å². The Morgan fingerprint density at radius 1 is 1.56 bits per heavy atom. The first-order valence-electron chi connectivity index (χ1n) is 5.51. The Bertz CT molecular complexity index is 407. The molecule has 0 bridgehead atoms. The highest BCUT2D eigenvalue weighted by Crippen LogP contribution is 2.13. The van der Waals surface area contributed by atoms with Crippen LogP contribution in [0.5, 0.6) is 5.75 Å². The molecule has 6 heteroatoms. The van der Waals surface area contributed by atoms with Crippen LogP contribution in [0.1, 0.15) is 6.92 Å². The molecule has 100 valence electrons. The number of ether oxygens (including phenoxy) is 1. The molecule has 0 saturated heterocycles. The minimum atomic E-state index is -1.33. The molecule has 1 amide bonds. The van der Waals surface area contributed by atoms with Crippen molar-refractivity contribution in [3.63, 3.8) is 0 Å². The van der Waals surface area contributed by atoms with Gasteiger partial charge in [0.25, 0.3) is 5.91 Å². The van der Waals surface area contributed by atoms with Crippen LogP contribution < -0.4 is 15.8 Å². The van der Waals surface area contributed by atoms with Gasteiger partial charge < -0.3 is 26.0 Å². The van der Waals surface area contributed by atoms with Crippen LogP contribution in [0.25, 0.3) is 0 Å². The first-order valence-corrected chi connectivity index (χ1v) is 5.51. The fourth-order valence-corrected chi connectivity index (χ4v) is 1.15. The van der Waals surface area contributed by atoms with Crippen LogP contribution in [0.15, 0.2) is 24.3 Å². The summed E-state index contributed by atoms with van der Waals surface area (Å²) in [4.78, 5) is 11.4. The predicted octanol–water partition coefficient (Wildman–Crippen LogP) is -0.493. The standard InChI is InChI=1S/C12H18N2O4/c1-12(17,8-15)7-14-11(16)6-18-10-4-2-3-9(13)5-10/h2-5,15,17H,6-8,13H2,1H3,(H,14,16). The summed E-state index contributed by atoms with van der Waals surface area (Å²) in [6.07, 6.45) is 0. The van der Waals surface area contributed by atoms with E-state index in [1.54, 1.807) is 24.3 Å². The van der Waals surface area contributed by atoms with Crippen LogP contribution in [0, 0.1) is 0 Å². The van der Waals surface area contributed by atoms with Crippen molar-refractivity contribution in [2.45, 2.75) is 12.5 Å². The van der Waals surface area contributed by atoms with Gasteiger partial charge in [-0.15, -0.1) is 0 Å². The van der Waals surface area contributed by atoms with Gasteiger partial charge in [0.15, 0.2) is 6.61 Å². The summed E-state index contributed by atoms with van der Waals surface area (Å²) in [7, 11) is 0. The molecule has 1 rings (SSSR count). The van der Waals surface area contributed by atoms with E-state index in [0.717, 1.165) is 0 Å². The monoisotopic (exact) mass is 254 g/mol. The third kappa shape index (κ3) is 5.03. The third-order valence-corrected chi connectivity index (χ3v) is 2.24. The Labute approximate surface area is 105 Å². The summed E-state index contributed by atoms with van der Waals surface area (Å²) in [6, 6.07) is 6.73. The third-order valence-electron chi connectivity index (χ3n) is 2.24. The summed E-state index contributed by atoms with van der Waals surface area (Å²) in [6.45, 7) is 0.781. The number of nitrogens with one attached hydrogen (secondary N) is 1. The van der Waals surface area contributed by atoms with Crippen LogP contribution in [-0.4, -0.2) is 41.5 Å². The average Bonchev–Trinajstić information content (AvgIpc) is 2.34. The van der Waals surface area contributed by atoms with Crippen LogP contribution in [-0.2, 0) is 4.79 Å². The van der Waals surface area contributed by atoms with Crippen molar-refractivity contribution in [3.05, 3.63) is 24.3 Å². The molecule has 6 nitrogen and oxygen atoms in total. The lowest BCUT2D eigenvalue weighted by molar-refractivity contribution is -0.124. The summed E-state index contributed by atoms with van der Waals surface area (Å²) >= 11 is 0. The number of aliphatic hydroxyl groups is 2. The zero-order valence-corrected chi connectivity index (χ0v) is 10.2. The Balaban J connectivity index is 2.34. The number of hydrogen-bond donors (Lipinski definition) is 4. The number of nitrogen functional groups attached to an aromatic ring is 1. The quantitative estimate of drug-likeness (QED) is 0.513. The highest BCUT2D eigenvalue weighted by Gasteiger charge is 2.19. The van der Waals surface area contributed by atoms with E-state index in [9.17, 15) is 9.90 Å². The molecule has 0 saturated carbocycles. The van der Waals surface area contributed by atoms with Crippen molar-refractivity contribution in [2.24, 2.45) is 0 Å². The number of anilines is 1. The lowest BCUT2D eigenvalue weighted by atomic mass is 10.1. The minimum absolute atomic E-state index is 0.0391. The van der Waals surface area contributed by atoms with Crippen molar-refractivity contribution in [1.82, 2.24) is 5.32 Å². The van der Waals surface area contributed by atoms with Crippen molar-refractivity contribution in [2.75, 3.05) is 25.5 Å². The molecule has 0 aliphatic heterocycles. The topological polar surface area (TPSA) is 105 Å². The van der Waals surface area contributed by atoms with E-state index in [2.05, 4.69) is 5.32 Å². The summed E-state index contributed by atoms with van der Waals surface area (Å²) in [5.74, 6) is 0.116. The molecule has 0 aromatic heterocycles. The van der Waals surface area contributed by atoms with E-state index in [1.807, 2.05) is 0 Å². The Kier molecular flexibility index (Phi) is 4.94. The van der Waals surface area contributed by atoms with Crippen LogP contribution in [0.2, 0.25) is 0 Å². The van der Waals surface area contributed by atoms with E-state index >= 15 is 0 Å². The molecule has 0 fully saturated rings.